The van der Waals surface area contributed by atoms with Gasteiger partial charge in [0, 0.05) is 23.0 Å². The minimum atomic E-state index is -1.07. The molecular weight excluding hydrogens is 346 g/mol. The minimum Gasteiger partial charge on any atom is -0.478 e. The first-order valence-corrected chi connectivity index (χ1v) is 8.22. The highest BCUT2D eigenvalue weighted by Crippen LogP contribution is 2.19. The number of aromatic carboxylic acids is 1. The minimum absolute atomic E-state index is 0.0633. The Hall–Kier alpha value is -3.74. The molecule has 0 saturated heterocycles. The molecule has 1 amide bonds. The number of rotatable bonds is 5. The zero-order valence-corrected chi connectivity index (χ0v) is 14.5. The number of nitrogens with zero attached hydrogens (tertiary/aromatic N) is 1. The largest absolute Gasteiger partial charge is 0.478 e. The van der Waals surface area contributed by atoms with Crippen LogP contribution in [0.1, 0.15) is 21.6 Å². The number of hydrogen-bond donors (Lipinski definition) is 3. The number of aryl methyl sites for hydroxylation is 1. The number of amides is 1. The average molecular weight is 363 g/mol. The lowest BCUT2D eigenvalue weighted by Crippen LogP contribution is -2.16. The SMILES string of the molecule is Cc1cc(=O)[nH]c(-c2cccc(NC(=O)Cc3ccccc3C(=O)O)c2)n1. The number of carboxylic acid groups (broad SMARTS) is 1. The molecule has 27 heavy (non-hydrogen) atoms. The maximum Gasteiger partial charge on any atom is 0.335 e. The third-order valence-electron chi connectivity index (χ3n) is 3.89. The van der Waals surface area contributed by atoms with Gasteiger partial charge in [0.2, 0.25) is 5.91 Å². The Balaban J connectivity index is 1.79. The van der Waals surface area contributed by atoms with E-state index >= 15 is 0 Å². The van der Waals surface area contributed by atoms with Crippen molar-refractivity contribution in [3.05, 3.63) is 81.8 Å². The summed E-state index contributed by atoms with van der Waals surface area (Å²) in [5.41, 5.74) is 2.05. The fraction of sp³-hybridized carbons (Fsp3) is 0.100. The van der Waals surface area contributed by atoms with Crippen LogP contribution < -0.4 is 10.9 Å². The van der Waals surface area contributed by atoms with E-state index in [0.717, 1.165) is 0 Å². The molecule has 136 valence electrons. The number of hydrogen-bond acceptors (Lipinski definition) is 4. The van der Waals surface area contributed by atoms with Crippen LogP contribution in [0.4, 0.5) is 5.69 Å². The van der Waals surface area contributed by atoms with Gasteiger partial charge in [-0.2, -0.15) is 0 Å². The monoisotopic (exact) mass is 363 g/mol. The van der Waals surface area contributed by atoms with E-state index in [4.69, 9.17) is 0 Å². The van der Waals surface area contributed by atoms with Crippen LogP contribution in [0.5, 0.6) is 0 Å². The van der Waals surface area contributed by atoms with Gasteiger partial charge in [-0.25, -0.2) is 9.78 Å². The van der Waals surface area contributed by atoms with Gasteiger partial charge in [-0.1, -0.05) is 30.3 Å². The predicted octanol–water partition coefficient (Wildman–Crippen LogP) is 2.62. The molecule has 1 heterocycles. The number of H-pyrrole nitrogens is 1. The van der Waals surface area contributed by atoms with Gasteiger partial charge in [0.1, 0.15) is 5.82 Å². The van der Waals surface area contributed by atoms with Crippen LogP contribution in [-0.2, 0) is 11.2 Å². The van der Waals surface area contributed by atoms with Crippen LogP contribution in [-0.4, -0.2) is 27.0 Å². The van der Waals surface area contributed by atoms with Crippen molar-refractivity contribution in [2.75, 3.05) is 5.32 Å². The molecule has 0 unspecified atom stereocenters. The molecular formula is C20H17N3O4. The number of carbonyl (C=O) groups excluding carboxylic acids is 1. The maximum absolute atomic E-state index is 12.3. The van der Waals surface area contributed by atoms with Crippen LogP contribution in [0.3, 0.4) is 0 Å². The third kappa shape index (κ3) is 4.46. The van der Waals surface area contributed by atoms with Crippen LogP contribution >= 0.6 is 0 Å². The third-order valence-corrected chi connectivity index (χ3v) is 3.89. The van der Waals surface area contributed by atoms with E-state index < -0.39 is 5.97 Å². The summed E-state index contributed by atoms with van der Waals surface area (Å²) in [6.07, 6.45) is -0.0633. The van der Waals surface area contributed by atoms with Gasteiger partial charge in [-0.3, -0.25) is 9.59 Å². The standard InChI is InChI=1S/C20H17N3O4/c1-12-9-17(24)23-19(21-12)14-6-4-7-15(10-14)22-18(25)11-13-5-2-3-8-16(13)20(26)27/h2-10H,11H2,1H3,(H,22,25)(H,26,27)(H,21,23,24). The van der Waals surface area contributed by atoms with E-state index in [-0.39, 0.29) is 23.5 Å². The number of benzene rings is 2. The van der Waals surface area contributed by atoms with Gasteiger partial charge in [0.15, 0.2) is 0 Å². The summed E-state index contributed by atoms with van der Waals surface area (Å²) >= 11 is 0. The van der Waals surface area contributed by atoms with Gasteiger partial charge in [-0.15, -0.1) is 0 Å². The molecule has 0 spiro atoms. The summed E-state index contributed by atoms with van der Waals surface area (Å²) in [4.78, 5) is 42.2. The zero-order valence-electron chi connectivity index (χ0n) is 14.5. The molecule has 3 N–H and O–H groups in total. The fourth-order valence-corrected chi connectivity index (χ4v) is 2.72. The summed E-state index contributed by atoms with van der Waals surface area (Å²) in [5, 5.41) is 12.0. The van der Waals surface area contributed by atoms with Crippen molar-refractivity contribution in [3.63, 3.8) is 0 Å². The van der Waals surface area contributed by atoms with Crippen molar-refractivity contribution in [1.29, 1.82) is 0 Å². The molecule has 0 fully saturated rings. The quantitative estimate of drug-likeness (QED) is 0.645. The Morgan fingerprint density at radius 1 is 1.11 bits per heavy atom. The van der Waals surface area contributed by atoms with E-state index in [1.165, 1.54) is 12.1 Å². The molecule has 0 bridgehead atoms. The topological polar surface area (TPSA) is 112 Å². The molecule has 2 aromatic carbocycles. The van der Waals surface area contributed by atoms with E-state index in [1.807, 2.05) is 0 Å². The maximum atomic E-state index is 12.3. The molecule has 0 aliphatic carbocycles. The Labute approximate surface area is 154 Å². The second-order valence-corrected chi connectivity index (χ2v) is 6.00. The second-order valence-electron chi connectivity index (χ2n) is 6.00. The summed E-state index contributed by atoms with van der Waals surface area (Å²) < 4.78 is 0. The molecule has 0 aliphatic rings. The van der Waals surface area contributed by atoms with Gasteiger partial charge in [-0.05, 0) is 30.7 Å². The summed E-state index contributed by atoms with van der Waals surface area (Å²) in [6.45, 7) is 1.73. The van der Waals surface area contributed by atoms with Crippen LogP contribution in [0.25, 0.3) is 11.4 Å². The lowest BCUT2D eigenvalue weighted by molar-refractivity contribution is -0.115. The molecule has 7 nitrogen and oxygen atoms in total. The Morgan fingerprint density at radius 3 is 2.63 bits per heavy atom. The molecule has 3 rings (SSSR count). The molecule has 7 heteroatoms. The van der Waals surface area contributed by atoms with E-state index in [9.17, 15) is 19.5 Å². The Bertz CT molecular complexity index is 1070. The average Bonchev–Trinajstić information content (AvgIpc) is 2.61. The van der Waals surface area contributed by atoms with Crippen LogP contribution in [0.2, 0.25) is 0 Å². The number of aromatic nitrogens is 2. The van der Waals surface area contributed by atoms with Gasteiger partial charge in [0.25, 0.3) is 5.56 Å². The number of carbonyl (C=O) groups is 2. The zero-order chi connectivity index (χ0) is 19.4. The highest BCUT2D eigenvalue weighted by Gasteiger charge is 2.13. The highest BCUT2D eigenvalue weighted by atomic mass is 16.4. The first-order chi connectivity index (χ1) is 12.9. The summed E-state index contributed by atoms with van der Waals surface area (Å²) in [6, 6.07) is 14.7. The normalized spacial score (nSPS) is 10.4. The van der Waals surface area contributed by atoms with Crippen molar-refractivity contribution in [2.45, 2.75) is 13.3 Å². The number of carboxylic acids is 1. The fourth-order valence-electron chi connectivity index (χ4n) is 2.72. The van der Waals surface area contributed by atoms with Crippen molar-refractivity contribution in [3.8, 4) is 11.4 Å². The van der Waals surface area contributed by atoms with Crippen LogP contribution in [0.15, 0.2) is 59.4 Å². The van der Waals surface area contributed by atoms with E-state index in [0.29, 0.717) is 28.3 Å². The van der Waals surface area contributed by atoms with Gasteiger partial charge >= 0.3 is 5.97 Å². The molecule has 3 aromatic rings. The molecule has 1 aromatic heterocycles. The first-order valence-electron chi connectivity index (χ1n) is 8.22. The predicted molar refractivity (Wildman–Crippen MR) is 101 cm³/mol. The lowest BCUT2D eigenvalue weighted by Gasteiger charge is -2.09. The number of aromatic amines is 1. The molecule has 0 radical (unpaired) electrons. The number of anilines is 1. The Kier molecular flexibility index (Phi) is 5.12. The Morgan fingerprint density at radius 2 is 1.89 bits per heavy atom. The molecule has 0 atom stereocenters. The smallest absolute Gasteiger partial charge is 0.335 e. The second kappa shape index (κ2) is 7.65. The molecule has 0 saturated carbocycles. The van der Waals surface area contributed by atoms with Gasteiger partial charge in [0.05, 0.1) is 12.0 Å². The van der Waals surface area contributed by atoms with E-state index in [2.05, 4.69) is 15.3 Å². The van der Waals surface area contributed by atoms with Crippen LogP contribution in [0, 0.1) is 6.92 Å². The molecule has 0 aliphatic heterocycles. The van der Waals surface area contributed by atoms with Crippen molar-refractivity contribution in [1.82, 2.24) is 9.97 Å². The highest BCUT2D eigenvalue weighted by molar-refractivity contribution is 5.96. The van der Waals surface area contributed by atoms with E-state index in [1.54, 1.807) is 49.4 Å². The lowest BCUT2D eigenvalue weighted by atomic mass is 10.0. The summed E-state index contributed by atoms with van der Waals surface area (Å²) in [7, 11) is 0. The van der Waals surface area contributed by atoms with Gasteiger partial charge < -0.3 is 15.4 Å². The van der Waals surface area contributed by atoms with Crippen molar-refractivity contribution >= 4 is 17.6 Å². The van der Waals surface area contributed by atoms with Crippen molar-refractivity contribution in [2.24, 2.45) is 0 Å². The number of nitrogens with one attached hydrogen (secondary N) is 2. The first kappa shape index (κ1) is 18.1. The summed E-state index contributed by atoms with van der Waals surface area (Å²) in [5.74, 6) is -1.01. The van der Waals surface area contributed by atoms with Crippen molar-refractivity contribution < 1.29 is 14.7 Å².